The summed E-state index contributed by atoms with van der Waals surface area (Å²) < 4.78 is 0. The van der Waals surface area contributed by atoms with Crippen molar-refractivity contribution in [2.75, 3.05) is 6.61 Å². The third kappa shape index (κ3) is 3.56. The molecule has 0 aromatic heterocycles. The molecular formula is C16H25NO. The van der Waals surface area contributed by atoms with Crippen molar-refractivity contribution < 1.29 is 5.11 Å². The number of aryl methyl sites for hydroxylation is 2. The molecule has 1 atom stereocenters. The van der Waals surface area contributed by atoms with Gasteiger partial charge >= 0.3 is 0 Å². The molecule has 0 bridgehead atoms. The quantitative estimate of drug-likeness (QED) is 0.810. The number of fused-ring (bicyclic) bond motifs is 1. The molecule has 1 aliphatic carbocycles. The molecule has 1 unspecified atom stereocenters. The molecular weight excluding hydrogens is 222 g/mol. The molecule has 0 spiro atoms. The summed E-state index contributed by atoms with van der Waals surface area (Å²) in [6, 6.07) is 7.05. The number of aliphatic hydroxyl groups excluding tert-OH is 1. The summed E-state index contributed by atoms with van der Waals surface area (Å²) in [5.74, 6) is 0.620. The molecule has 0 heterocycles. The van der Waals surface area contributed by atoms with Gasteiger partial charge in [-0.15, -0.1) is 0 Å². The first-order valence-corrected chi connectivity index (χ1v) is 7.14. The van der Waals surface area contributed by atoms with Crippen LogP contribution in [0.3, 0.4) is 0 Å². The number of rotatable bonds is 6. The van der Waals surface area contributed by atoms with E-state index < -0.39 is 0 Å². The van der Waals surface area contributed by atoms with Crippen molar-refractivity contribution in [2.45, 2.75) is 52.1 Å². The zero-order valence-corrected chi connectivity index (χ0v) is 11.6. The lowest BCUT2D eigenvalue weighted by atomic mass is 10.0. The van der Waals surface area contributed by atoms with Crippen molar-refractivity contribution in [3.8, 4) is 0 Å². The molecule has 2 nitrogen and oxygen atoms in total. The molecule has 0 aliphatic heterocycles. The van der Waals surface area contributed by atoms with Gasteiger partial charge in [-0.05, 0) is 48.3 Å². The van der Waals surface area contributed by atoms with Gasteiger partial charge in [0.2, 0.25) is 0 Å². The Kier molecular flexibility index (Phi) is 4.79. The maximum absolute atomic E-state index is 9.35. The average molecular weight is 247 g/mol. The van der Waals surface area contributed by atoms with E-state index in [1.807, 2.05) is 0 Å². The van der Waals surface area contributed by atoms with E-state index in [-0.39, 0.29) is 12.6 Å². The van der Waals surface area contributed by atoms with Gasteiger partial charge in [-0.2, -0.15) is 0 Å². The van der Waals surface area contributed by atoms with Crippen LogP contribution in [0.25, 0.3) is 0 Å². The highest BCUT2D eigenvalue weighted by atomic mass is 16.3. The van der Waals surface area contributed by atoms with Gasteiger partial charge in [-0.25, -0.2) is 0 Å². The van der Waals surface area contributed by atoms with Gasteiger partial charge in [0.05, 0.1) is 6.61 Å². The van der Waals surface area contributed by atoms with Gasteiger partial charge in [-0.3, -0.25) is 0 Å². The van der Waals surface area contributed by atoms with Crippen molar-refractivity contribution in [1.82, 2.24) is 5.32 Å². The van der Waals surface area contributed by atoms with Crippen molar-refractivity contribution >= 4 is 0 Å². The van der Waals surface area contributed by atoms with Gasteiger partial charge in [0.15, 0.2) is 0 Å². The summed E-state index contributed by atoms with van der Waals surface area (Å²) in [6.45, 7) is 5.48. The second kappa shape index (κ2) is 6.35. The van der Waals surface area contributed by atoms with Crippen LogP contribution in [-0.4, -0.2) is 17.8 Å². The van der Waals surface area contributed by atoms with Crippen LogP contribution in [0.15, 0.2) is 18.2 Å². The number of benzene rings is 1. The van der Waals surface area contributed by atoms with Gasteiger partial charge in [0.1, 0.15) is 0 Å². The molecule has 100 valence electrons. The monoisotopic (exact) mass is 247 g/mol. The molecule has 0 amide bonds. The predicted molar refractivity (Wildman–Crippen MR) is 75.6 cm³/mol. The molecule has 2 heteroatoms. The Bertz CT molecular complexity index is 387. The highest BCUT2D eigenvalue weighted by molar-refractivity contribution is 5.35. The first-order chi connectivity index (χ1) is 8.69. The normalized spacial score (nSPS) is 16.0. The summed E-state index contributed by atoms with van der Waals surface area (Å²) in [6.07, 6.45) is 4.81. The topological polar surface area (TPSA) is 32.3 Å². The van der Waals surface area contributed by atoms with Crippen LogP contribution in [0.4, 0.5) is 0 Å². The standard InChI is InChI=1S/C16H25NO/c1-12(2)8-16(11-18)17-10-13-6-7-14-4-3-5-15(14)9-13/h6-7,9,12,16-18H,3-5,8,10-11H2,1-2H3. The van der Waals surface area contributed by atoms with Gasteiger partial charge in [0, 0.05) is 12.6 Å². The Morgan fingerprint density at radius 3 is 2.72 bits per heavy atom. The zero-order valence-electron chi connectivity index (χ0n) is 11.6. The average Bonchev–Trinajstić information content (AvgIpc) is 2.81. The predicted octanol–water partition coefficient (Wildman–Crippen LogP) is 2.67. The minimum absolute atomic E-state index is 0.221. The first kappa shape index (κ1) is 13.6. The summed E-state index contributed by atoms with van der Waals surface area (Å²) in [5.41, 5.74) is 4.40. The Balaban J connectivity index is 1.89. The number of aliphatic hydroxyl groups is 1. The molecule has 0 radical (unpaired) electrons. The largest absolute Gasteiger partial charge is 0.395 e. The molecule has 0 saturated carbocycles. The maximum Gasteiger partial charge on any atom is 0.0584 e. The van der Waals surface area contributed by atoms with Crippen LogP contribution in [0, 0.1) is 5.92 Å². The van der Waals surface area contributed by atoms with E-state index in [1.165, 1.54) is 36.0 Å². The molecule has 1 aliphatic rings. The smallest absolute Gasteiger partial charge is 0.0584 e. The van der Waals surface area contributed by atoms with Crippen molar-refractivity contribution in [2.24, 2.45) is 5.92 Å². The van der Waals surface area contributed by atoms with Crippen molar-refractivity contribution in [1.29, 1.82) is 0 Å². The highest BCUT2D eigenvalue weighted by Gasteiger charge is 2.12. The van der Waals surface area contributed by atoms with Crippen LogP contribution in [0.1, 0.15) is 43.4 Å². The van der Waals surface area contributed by atoms with E-state index in [9.17, 15) is 5.11 Å². The van der Waals surface area contributed by atoms with Crippen LogP contribution in [0.5, 0.6) is 0 Å². The van der Waals surface area contributed by atoms with Crippen LogP contribution >= 0.6 is 0 Å². The summed E-state index contributed by atoms with van der Waals surface area (Å²) in [5, 5.41) is 12.8. The van der Waals surface area contributed by atoms with Crippen LogP contribution in [-0.2, 0) is 19.4 Å². The van der Waals surface area contributed by atoms with Gasteiger partial charge in [0.25, 0.3) is 0 Å². The lowest BCUT2D eigenvalue weighted by Gasteiger charge is -2.18. The van der Waals surface area contributed by atoms with Crippen molar-refractivity contribution in [3.05, 3.63) is 34.9 Å². The molecule has 1 aromatic rings. The fourth-order valence-electron chi connectivity index (χ4n) is 2.79. The van der Waals surface area contributed by atoms with E-state index >= 15 is 0 Å². The van der Waals surface area contributed by atoms with Gasteiger partial charge in [-0.1, -0.05) is 32.0 Å². The molecule has 2 rings (SSSR count). The Morgan fingerprint density at radius 2 is 2.00 bits per heavy atom. The second-order valence-corrected chi connectivity index (χ2v) is 5.85. The second-order valence-electron chi connectivity index (χ2n) is 5.85. The minimum Gasteiger partial charge on any atom is -0.395 e. The van der Waals surface area contributed by atoms with E-state index in [1.54, 1.807) is 0 Å². The molecule has 2 N–H and O–H groups in total. The van der Waals surface area contributed by atoms with E-state index in [4.69, 9.17) is 0 Å². The molecule has 1 aromatic carbocycles. The highest BCUT2D eigenvalue weighted by Crippen LogP contribution is 2.22. The molecule has 0 saturated heterocycles. The number of nitrogens with one attached hydrogen (secondary N) is 1. The Hall–Kier alpha value is -0.860. The van der Waals surface area contributed by atoms with E-state index in [0.29, 0.717) is 5.92 Å². The lowest BCUT2D eigenvalue weighted by Crippen LogP contribution is -2.33. The zero-order chi connectivity index (χ0) is 13.0. The van der Waals surface area contributed by atoms with Crippen LogP contribution in [0.2, 0.25) is 0 Å². The molecule has 0 fully saturated rings. The van der Waals surface area contributed by atoms with Crippen LogP contribution < -0.4 is 5.32 Å². The Labute approximate surface area is 110 Å². The lowest BCUT2D eigenvalue weighted by molar-refractivity contribution is 0.223. The number of hydrogen-bond acceptors (Lipinski definition) is 2. The van der Waals surface area contributed by atoms with Crippen molar-refractivity contribution in [3.63, 3.8) is 0 Å². The third-order valence-electron chi connectivity index (χ3n) is 3.73. The SMILES string of the molecule is CC(C)CC(CO)NCc1ccc2c(c1)CCC2. The summed E-state index contributed by atoms with van der Waals surface area (Å²) in [7, 11) is 0. The van der Waals surface area contributed by atoms with E-state index in [2.05, 4.69) is 37.4 Å². The Morgan fingerprint density at radius 1 is 1.22 bits per heavy atom. The molecule has 18 heavy (non-hydrogen) atoms. The maximum atomic E-state index is 9.35. The van der Waals surface area contributed by atoms with E-state index in [0.717, 1.165) is 13.0 Å². The third-order valence-corrected chi connectivity index (χ3v) is 3.73. The summed E-state index contributed by atoms with van der Waals surface area (Å²) in [4.78, 5) is 0. The van der Waals surface area contributed by atoms with Gasteiger partial charge < -0.3 is 10.4 Å². The minimum atomic E-state index is 0.221. The first-order valence-electron chi connectivity index (χ1n) is 7.14. The number of hydrogen-bond donors (Lipinski definition) is 2. The fourth-order valence-corrected chi connectivity index (χ4v) is 2.79. The summed E-state index contributed by atoms with van der Waals surface area (Å²) >= 11 is 0. The fraction of sp³-hybridized carbons (Fsp3) is 0.625.